The van der Waals surface area contributed by atoms with Crippen molar-refractivity contribution in [1.82, 2.24) is 4.57 Å². The van der Waals surface area contributed by atoms with Crippen LogP contribution < -0.4 is 0 Å². The topological polar surface area (TPSA) is 51.5 Å². The van der Waals surface area contributed by atoms with Gasteiger partial charge in [-0.1, -0.05) is 47.5 Å². The summed E-state index contributed by atoms with van der Waals surface area (Å²) in [5.41, 5.74) is 8.33. The Morgan fingerprint density at radius 2 is 1.66 bits per heavy atom. The first kappa shape index (κ1) is 25.4. The van der Waals surface area contributed by atoms with Gasteiger partial charge in [-0.15, -0.1) is 11.8 Å². The summed E-state index contributed by atoms with van der Waals surface area (Å²) in [4.78, 5) is 14.5. The van der Waals surface area contributed by atoms with Gasteiger partial charge in [0.25, 0.3) is 0 Å². The maximum atomic E-state index is 13.2. The van der Waals surface area contributed by atoms with Crippen LogP contribution in [0.3, 0.4) is 0 Å². The van der Waals surface area contributed by atoms with Crippen molar-refractivity contribution in [3.63, 3.8) is 0 Å². The fourth-order valence-electron chi connectivity index (χ4n) is 4.58. The van der Waals surface area contributed by atoms with Crippen molar-refractivity contribution in [2.45, 2.75) is 51.8 Å². The molecule has 0 aliphatic carbocycles. The first-order valence-corrected chi connectivity index (χ1v) is 13.4. The molecule has 0 bridgehead atoms. The minimum absolute atomic E-state index is 0.0972. The van der Waals surface area contributed by atoms with Gasteiger partial charge in [-0.3, -0.25) is 0 Å². The number of phenolic OH excluding ortho intramolecular Hbond substituents is 1. The summed E-state index contributed by atoms with van der Waals surface area (Å²) in [7, 11) is 0. The van der Waals surface area contributed by atoms with Gasteiger partial charge in [0.2, 0.25) is 0 Å². The Labute approximate surface area is 219 Å². The average molecular weight is 553 g/mol. The summed E-state index contributed by atoms with van der Waals surface area (Å²) in [6, 6.07) is 16.4. The highest BCUT2D eigenvalue weighted by Crippen LogP contribution is 2.39. The van der Waals surface area contributed by atoms with E-state index >= 15 is 0 Å². The maximum Gasteiger partial charge on any atom is 0.340 e. The molecule has 0 saturated carbocycles. The van der Waals surface area contributed by atoms with Crippen molar-refractivity contribution >= 4 is 44.6 Å². The fraction of sp³-hybridized carbons (Fsp3) is 0.276. The molecular formula is C29H30BrNO3S. The minimum atomic E-state index is -0.366. The van der Waals surface area contributed by atoms with Gasteiger partial charge in [0.05, 0.1) is 22.2 Å². The van der Waals surface area contributed by atoms with E-state index < -0.39 is 0 Å². The van der Waals surface area contributed by atoms with Crippen molar-refractivity contribution in [2.75, 3.05) is 6.61 Å². The van der Waals surface area contributed by atoms with Crippen LogP contribution in [0.5, 0.6) is 5.75 Å². The third kappa shape index (κ3) is 5.29. The Morgan fingerprint density at radius 1 is 1.00 bits per heavy atom. The second kappa shape index (κ2) is 10.5. The fourth-order valence-corrected chi connectivity index (χ4v) is 6.07. The van der Waals surface area contributed by atoms with Gasteiger partial charge in [-0.2, -0.15) is 0 Å². The van der Waals surface area contributed by atoms with Crippen molar-refractivity contribution in [3.05, 3.63) is 92.1 Å². The number of aryl methyl sites for hydroxylation is 4. The summed E-state index contributed by atoms with van der Waals surface area (Å²) in [5, 5.41) is 11.2. The molecule has 35 heavy (non-hydrogen) atoms. The van der Waals surface area contributed by atoms with Crippen molar-refractivity contribution in [3.8, 4) is 5.75 Å². The number of carbonyl (C=O) groups excluding carboxylic acids is 1. The van der Waals surface area contributed by atoms with Crippen LogP contribution >= 0.6 is 27.7 Å². The Bertz CT molecular complexity index is 1380. The second-order valence-corrected chi connectivity index (χ2v) is 10.8. The highest BCUT2D eigenvalue weighted by molar-refractivity contribution is 9.10. The lowest BCUT2D eigenvalue weighted by Crippen LogP contribution is -2.10. The van der Waals surface area contributed by atoms with Gasteiger partial charge in [0.1, 0.15) is 5.75 Å². The number of thioether (sulfide) groups is 1. The van der Waals surface area contributed by atoms with Crippen LogP contribution in [0, 0.1) is 27.7 Å². The lowest BCUT2D eigenvalue weighted by molar-refractivity contribution is 0.0527. The molecule has 182 valence electrons. The number of rotatable bonds is 7. The van der Waals surface area contributed by atoms with Gasteiger partial charge >= 0.3 is 5.97 Å². The lowest BCUT2D eigenvalue weighted by atomic mass is 10.1. The number of benzene rings is 3. The van der Waals surface area contributed by atoms with E-state index in [1.807, 2.05) is 13.0 Å². The number of ether oxygens (including phenoxy) is 1. The van der Waals surface area contributed by atoms with Crippen LogP contribution in [0.1, 0.15) is 50.8 Å². The molecule has 0 atom stereocenters. The van der Waals surface area contributed by atoms with Gasteiger partial charge in [-0.05, 0) is 79.4 Å². The molecule has 4 aromatic rings. The molecule has 0 aliphatic heterocycles. The Balaban J connectivity index is 1.90. The highest BCUT2D eigenvalue weighted by Gasteiger charge is 2.25. The zero-order valence-corrected chi connectivity index (χ0v) is 23.1. The Morgan fingerprint density at radius 3 is 2.29 bits per heavy atom. The molecule has 0 aliphatic rings. The zero-order chi connectivity index (χ0) is 25.3. The van der Waals surface area contributed by atoms with Crippen LogP contribution in [-0.2, 0) is 17.0 Å². The van der Waals surface area contributed by atoms with Crippen LogP contribution in [0.2, 0.25) is 0 Å². The first-order valence-electron chi connectivity index (χ1n) is 11.7. The number of aromatic hydroxyl groups is 1. The molecule has 0 fully saturated rings. The number of esters is 1. The number of aromatic nitrogens is 1. The highest BCUT2D eigenvalue weighted by atomic mass is 79.9. The summed E-state index contributed by atoms with van der Waals surface area (Å²) in [5.74, 6) is 0.326. The molecular weight excluding hydrogens is 522 g/mol. The molecule has 0 unspecified atom stereocenters. The monoisotopic (exact) mass is 551 g/mol. The van der Waals surface area contributed by atoms with E-state index in [0.29, 0.717) is 27.7 Å². The molecule has 6 heteroatoms. The third-order valence-electron chi connectivity index (χ3n) is 6.14. The number of carbonyl (C=O) groups is 1. The molecule has 1 heterocycles. The van der Waals surface area contributed by atoms with Crippen LogP contribution in [0.25, 0.3) is 10.9 Å². The van der Waals surface area contributed by atoms with E-state index in [1.165, 1.54) is 27.1 Å². The standard InChI is InChI=1S/C29H30BrNO3S/c1-6-34-29(33)27-22-13-26(32)23(30)14-24(22)31(15-21-9-7-17(2)8-10-21)25(27)16-35-28-19(4)11-18(3)12-20(28)5/h7-14,32H,6,15-16H2,1-5H3. The number of fused-ring (bicyclic) bond motifs is 1. The number of halogens is 1. The predicted octanol–water partition coefficient (Wildman–Crippen LogP) is 7.86. The quantitative estimate of drug-likeness (QED) is 0.187. The van der Waals surface area contributed by atoms with E-state index in [1.54, 1.807) is 17.8 Å². The van der Waals surface area contributed by atoms with E-state index in [-0.39, 0.29) is 18.3 Å². The molecule has 0 amide bonds. The van der Waals surface area contributed by atoms with Gasteiger partial charge < -0.3 is 14.4 Å². The number of nitrogens with zero attached hydrogens (tertiary/aromatic N) is 1. The smallest absolute Gasteiger partial charge is 0.340 e. The molecule has 0 radical (unpaired) electrons. The van der Waals surface area contributed by atoms with E-state index in [4.69, 9.17) is 4.74 Å². The van der Waals surface area contributed by atoms with Crippen LogP contribution in [-0.4, -0.2) is 22.2 Å². The summed E-state index contributed by atoms with van der Waals surface area (Å²) in [6.07, 6.45) is 0. The summed E-state index contributed by atoms with van der Waals surface area (Å²) < 4.78 is 8.26. The lowest BCUT2D eigenvalue weighted by Gasteiger charge is -2.15. The second-order valence-electron chi connectivity index (χ2n) is 8.95. The van der Waals surface area contributed by atoms with Crippen molar-refractivity contribution in [2.24, 2.45) is 0 Å². The largest absolute Gasteiger partial charge is 0.507 e. The molecule has 4 nitrogen and oxygen atoms in total. The Hall–Kier alpha value is -2.70. The van der Waals surface area contributed by atoms with Crippen molar-refractivity contribution < 1.29 is 14.6 Å². The molecule has 1 aromatic heterocycles. The number of hydrogen-bond donors (Lipinski definition) is 1. The van der Waals surface area contributed by atoms with Crippen LogP contribution in [0.4, 0.5) is 0 Å². The zero-order valence-electron chi connectivity index (χ0n) is 20.7. The van der Waals surface area contributed by atoms with Gasteiger partial charge in [0, 0.05) is 28.3 Å². The molecule has 4 rings (SSSR count). The summed E-state index contributed by atoms with van der Waals surface area (Å²) in [6.45, 7) is 11.1. The summed E-state index contributed by atoms with van der Waals surface area (Å²) >= 11 is 5.20. The molecule has 0 spiro atoms. The van der Waals surface area contributed by atoms with E-state index in [9.17, 15) is 9.90 Å². The molecule has 0 saturated heterocycles. The third-order valence-corrected chi connectivity index (χ3v) is 8.12. The minimum Gasteiger partial charge on any atom is -0.507 e. The van der Waals surface area contributed by atoms with Gasteiger partial charge in [-0.25, -0.2) is 4.79 Å². The Kier molecular flexibility index (Phi) is 7.62. The predicted molar refractivity (Wildman–Crippen MR) is 148 cm³/mol. The maximum absolute atomic E-state index is 13.2. The van der Waals surface area contributed by atoms with Gasteiger partial charge in [0.15, 0.2) is 0 Å². The number of hydrogen-bond acceptors (Lipinski definition) is 4. The normalized spacial score (nSPS) is 11.3. The number of phenols is 1. The SMILES string of the molecule is CCOC(=O)c1c(CSc2c(C)cc(C)cc2C)n(Cc2ccc(C)cc2)c2cc(Br)c(O)cc12. The first-order chi connectivity index (χ1) is 16.7. The molecule has 3 aromatic carbocycles. The molecule has 1 N–H and O–H groups in total. The average Bonchev–Trinajstić information content (AvgIpc) is 3.07. The van der Waals surface area contributed by atoms with E-state index in [0.717, 1.165) is 16.8 Å². The van der Waals surface area contributed by atoms with E-state index in [2.05, 4.69) is 84.6 Å². The van der Waals surface area contributed by atoms with Crippen LogP contribution in [0.15, 0.2) is 57.9 Å². The van der Waals surface area contributed by atoms with Crippen molar-refractivity contribution in [1.29, 1.82) is 0 Å².